The summed E-state index contributed by atoms with van der Waals surface area (Å²) in [6.07, 6.45) is 3.58. The molecule has 0 aliphatic heterocycles. The first kappa shape index (κ1) is 13.7. The minimum absolute atomic E-state index is 0.541. The van der Waals surface area contributed by atoms with Gasteiger partial charge < -0.3 is 4.74 Å². The van der Waals surface area contributed by atoms with Crippen molar-refractivity contribution in [3.8, 4) is 5.75 Å². The van der Waals surface area contributed by atoms with Crippen LogP contribution in [-0.4, -0.2) is 4.98 Å². The summed E-state index contributed by atoms with van der Waals surface area (Å²) in [5.41, 5.74) is 1.07. The Morgan fingerprint density at radius 3 is 2.29 bits per heavy atom. The summed E-state index contributed by atoms with van der Waals surface area (Å²) in [6.45, 7) is 0.541. The second kappa shape index (κ2) is 6.95. The van der Waals surface area contributed by atoms with E-state index in [9.17, 15) is 0 Å². The summed E-state index contributed by atoms with van der Waals surface area (Å²) in [5, 5.41) is 0. The lowest BCUT2D eigenvalue weighted by Gasteiger charge is -2.07. The van der Waals surface area contributed by atoms with E-state index in [1.807, 2.05) is 48.7 Å². The third-order valence-electron chi connectivity index (χ3n) is 2.93. The number of hydrogen-bond donors (Lipinski definition) is 0. The van der Waals surface area contributed by atoms with Crippen molar-refractivity contribution in [3.05, 3.63) is 84.7 Å². The minimum atomic E-state index is 0.541. The Kier molecular flexibility index (Phi) is 4.54. The second-order valence-electron chi connectivity index (χ2n) is 4.54. The smallest absolute Gasteiger partial charge is 0.119 e. The molecule has 1 heterocycles. The van der Waals surface area contributed by atoms with Crippen LogP contribution in [0.15, 0.2) is 88.9 Å². The quantitative estimate of drug-likeness (QED) is 0.674. The zero-order valence-electron chi connectivity index (χ0n) is 11.5. The van der Waals surface area contributed by atoms with Gasteiger partial charge in [-0.2, -0.15) is 0 Å². The molecule has 3 heteroatoms. The van der Waals surface area contributed by atoms with Gasteiger partial charge in [0, 0.05) is 27.7 Å². The van der Waals surface area contributed by atoms with Gasteiger partial charge in [-0.05, 0) is 42.5 Å². The molecule has 0 N–H and O–H groups in total. The largest absolute Gasteiger partial charge is 0.489 e. The molecule has 104 valence electrons. The van der Waals surface area contributed by atoms with Crippen LogP contribution in [0.3, 0.4) is 0 Å². The van der Waals surface area contributed by atoms with Gasteiger partial charge in [0.2, 0.25) is 0 Å². The average molecular weight is 293 g/mol. The first-order chi connectivity index (χ1) is 10.4. The monoisotopic (exact) mass is 293 g/mol. The highest BCUT2D eigenvalue weighted by molar-refractivity contribution is 7.99. The average Bonchev–Trinajstić information content (AvgIpc) is 2.56. The van der Waals surface area contributed by atoms with Crippen LogP contribution in [0.25, 0.3) is 0 Å². The Morgan fingerprint density at radius 2 is 1.57 bits per heavy atom. The Bertz CT molecular complexity index is 669. The SMILES string of the molecule is c1ccc(Sc2ccc(OCc3cccnc3)cc2)cc1. The predicted molar refractivity (Wildman–Crippen MR) is 85.6 cm³/mol. The highest BCUT2D eigenvalue weighted by Gasteiger charge is 1.99. The van der Waals surface area contributed by atoms with Gasteiger partial charge in [0.05, 0.1) is 0 Å². The Balaban J connectivity index is 1.59. The number of pyridine rings is 1. The standard InChI is InChI=1S/C18H15NOS/c1-2-6-17(7-3-1)21-18-10-8-16(9-11-18)20-14-15-5-4-12-19-13-15/h1-13H,14H2. The molecule has 0 saturated heterocycles. The van der Waals surface area contributed by atoms with Gasteiger partial charge in [-0.3, -0.25) is 4.98 Å². The molecule has 2 aromatic carbocycles. The highest BCUT2D eigenvalue weighted by atomic mass is 32.2. The van der Waals surface area contributed by atoms with Crippen molar-refractivity contribution in [2.24, 2.45) is 0 Å². The van der Waals surface area contributed by atoms with Gasteiger partial charge in [0.15, 0.2) is 0 Å². The molecule has 0 aliphatic carbocycles. The summed E-state index contributed by atoms with van der Waals surface area (Å²) in [7, 11) is 0. The van der Waals surface area contributed by atoms with E-state index in [1.54, 1.807) is 18.0 Å². The van der Waals surface area contributed by atoms with Crippen LogP contribution in [0.4, 0.5) is 0 Å². The molecule has 0 unspecified atom stereocenters. The fraction of sp³-hybridized carbons (Fsp3) is 0.0556. The van der Waals surface area contributed by atoms with Crippen molar-refractivity contribution >= 4 is 11.8 Å². The maximum Gasteiger partial charge on any atom is 0.119 e. The van der Waals surface area contributed by atoms with Crippen molar-refractivity contribution in [3.63, 3.8) is 0 Å². The van der Waals surface area contributed by atoms with E-state index in [1.165, 1.54) is 9.79 Å². The van der Waals surface area contributed by atoms with Gasteiger partial charge in [-0.15, -0.1) is 0 Å². The zero-order chi connectivity index (χ0) is 14.3. The van der Waals surface area contributed by atoms with Gasteiger partial charge in [0.1, 0.15) is 12.4 Å². The molecule has 0 spiro atoms. The first-order valence-electron chi connectivity index (χ1n) is 6.75. The van der Waals surface area contributed by atoms with Crippen molar-refractivity contribution in [2.45, 2.75) is 16.4 Å². The topological polar surface area (TPSA) is 22.1 Å². The molecule has 0 saturated carbocycles. The van der Waals surface area contributed by atoms with Crippen LogP contribution in [0.5, 0.6) is 5.75 Å². The molecule has 3 aromatic rings. The summed E-state index contributed by atoms with van der Waals surface area (Å²) in [5.74, 6) is 0.872. The van der Waals surface area contributed by atoms with Crippen LogP contribution in [-0.2, 0) is 6.61 Å². The summed E-state index contributed by atoms with van der Waals surface area (Å²) < 4.78 is 5.75. The lowest BCUT2D eigenvalue weighted by Crippen LogP contribution is -1.95. The lowest BCUT2D eigenvalue weighted by atomic mass is 10.3. The van der Waals surface area contributed by atoms with E-state index in [-0.39, 0.29) is 0 Å². The normalized spacial score (nSPS) is 10.3. The minimum Gasteiger partial charge on any atom is -0.489 e. The Morgan fingerprint density at radius 1 is 0.810 bits per heavy atom. The molecular weight excluding hydrogens is 278 g/mol. The molecule has 1 aromatic heterocycles. The van der Waals surface area contributed by atoms with E-state index in [2.05, 4.69) is 29.2 Å². The van der Waals surface area contributed by atoms with Crippen LogP contribution in [0.2, 0.25) is 0 Å². The Hall–Kier alpha value is -2.26. The van der Waals surface area contributed by atoms with Crippen LogP contribution in [0, 0.1) is 0 Å². The number of rotatable bonds is 5. The second-order valence-corrected chi connectivity index (χ2v) is 5.68. The van der Waals surface area contributed by atoms with E-state index in [4.69, 9.17) is 4.74 Å². The fourth-order valence-electron chi connectivity index (χ4n) is 1.88. The third kappa shape index (κ3) is 4.10. The molecule has 0 bridgehead atoms. The van der Waals surface area contributed by atoms with Gasteiger partial charge >= 0.3 is 0 Å². The van der Waals surface area contributed by atoms with E-state index in [0.717, 1.165) is 11.3 Å². The number of hydrogen-bond acceptors (Lipinski definition) is 3. The maximum absolute atomic E-state index is 5.75. The third-order valence-corrected chi connectivity index (χ3v) is 3.95. The summed E-state index contributed by atoms with van der Waals surface area (Å²) >= 11 is 1.75. The van der Waals surface area contributed by atoms with Crippen LogP contribution in [0.1, 0.15) is 5.56 Å². The summed E-state index contributed by atoms with van der Waals surface area (Å²) in [4.78, 5) is 6.52. The molecule has 0 amide bonds. The lowest BCUT2D eigenvalue weighted by molar-refractivity contribution is 0.305. The molecule has 21 heavy (non-hydrogen) atoms. The van der Waals surface area contributed by atoms with Crippen molar-refractivity contribution < 1.29 is 4.74 Å². The predicted octanol–water partition coefficient (Wildman–Crippen LogP) is 4.81. The molecule has 0 atom stereocenters. The Labute approximate surface area is 128 Å². The number of aromatic nitrogens is 1. The van der Waals surface area contributed by atoms with Gasteiger partial charge in [0.25, 0.3) is 0 Å². The number of nitrogens with zero attached hydrogens (tertiary/aromatic N) is 1. The van der Waals surface area contributed by atoms with E-state index >= 15 is 0 Å². The van der Waals surface area contributed by atoms with Crippen molar-refractivity contribution in [2.75, 3.05) is 0 Å². The van der Waals surface area contributed by atoms with E-state index < -0.39 is 0 Å². The maximum atomic E-state index is 5.75. The highest BCUT2D eigenvalue weighted by Crippen LogP contribution is 2.28. The molecule has 0 fully saturated rings. The van der Waals surface area contributed by atoms with Crippen molar-refractivity contribution in [1.29, 1.82) is 0 Å². The molecule has 0 aliphatic rings. The first-order valence-corrected chi connectivity index (χ1v) is 7.56. The molecule has 0 radical (unpaired) electrons. The van der Waals surface area contributed by atoms with Crippen LogP contribution < -0.4 is 4.74 Å². The van der Waals surface area contributed by atoms with Gasteiger partial charge in [-0.1, -0.05) is 36.0 Å². The number of benzene rings is 2. The van der Waals surface area contributed by atoms with Gasteiger partial charge in [-0.25, -0.2) is 0 Å². The molecule has 2 nitrogen and oxygen atoms in total. The van der Waals surface area contributed by atoms with E-state index in [0.29, 0.717) is 6.61 Å². The van der Waals surface area contributed by atoms with Crippen LogP contribution >= 0.6 is 11.8 Å². The van der Waals surface area contributed by atoms with Crippen molar-refractivity contribution in [1.82, 2.24) is 4.98 Å². The summed E-state index contributed by atoms with van der Waals surface area (Å²) in [6, 6.07) is 22.4. The zero-order valence-corrected chi connectivity index (χ0v) is 12.3. The number of ether oxygens (including phenoxy) is 1. The molecule has 3 rings (SSSR count). The molecular formula is C18H15NOS. The fourth-order valence-corrected chi connectivity index (χ4v) is 2.72.